The van der Waals surface area contributed by atoms with Gasteiger partial charge in [-0.15, -0.1) is 19.3 Å². The van der Waals surface area contributed by atoms with Gasteiger partial charge in [0.25, 0.3) is 0 Å². The van der Waals surface area contributed by atoms with E-state index in [1.807, 2.05) is 0 Å². The minimum atomic E-state index is 0. The van der Waals surface area contributed by atoms with Gasteiger partial charge in [-0.3, -0.25) is 18.2 Å². The Morgan fingerprint density at radius 3 is 0.838 bits per heavy atom. The molecule has 3 aliphatic carbocycles. The van der Waals surface area contributed by atoms with Crippen LogP contribution in [0, 0.1) is 18.2 Å². The Kier molecular flexibility index (Phi) is 32.4. The molecule has 0 aromatic heterocycles. The van der Waals surface area contributed by atoms with Gasteiger partial charge in [-0.1, -0.05) is 135 Å². The van der Waals surface area contributed by atoms with E-state index < -0.39 is 0 Å². The number of hydrogen-bond acceptors (Lipinski definition) is 0. The van der Waals surface area contributed by atoms with Crippen LogP contribution in [0.4, 0.5) is 0 Å². The molecule has 0 nitrogen and oxygen atoms in total. The standard InChI is InChI=1S/3C12H19.Ti/c3*1-2-4-6-8-10-12-11-9-7-5-3-1;/h3*1-3H,4,6-12H2;/q3*-1;+3/b2*2-1-;;. The first-order valence-electron chi connectivity index (χ1n) is 15.7. The molecule has 0 atom stereocenters. The van der Waals surface area contributed by atoms with E-state index in [0.29, 0.717) is 0 Å². The zero-order valence-electron chi connectivity index (χ0n) is 24.2. The first kappa shape index (κ1) is 36.2. The molecule has 0 fully saturated rings. The summed E-state index contributed by atoms with van der Waals surface area (Å²) in [6.07, 6.45) is 61.5. The summed E-state index contributed by atoms with van der Waals surface area (Å²) in [5.74, 6) is 0. The largest absolute Gasteiger partial charge is 3.00 e. The molecule has 1 heteroatoms. The monoisotopic (exact) mass is 537 g/mol. The van der Waals surface area contributed by atoms with Crippen molar-refractivity contribution in [3.05, 3.63) is 72.9 Å². The molecule has 0 aliphatic heterocycles. The Bertz CT molecular complexity index is 465. The van der Waals surface area contributed by atoms with Gasteiger partial charge in [0.2, 0.25) is 0 Å². The quantitative estimate of drug-likeness (QED) is 0.213. The zero-order chi connectivity index (χ0) is 25.5. The molecule has 0 spiro atoms. The Morgan fingerprint density at radius 1 is 0.297 bits per heavy atom. The fraction of sp³-hybridized carbons (Fsp3) is 0.667. The van der Waals surface area contributed by atoms with Crippen molar-refractivity contribution in [2.24, 2.45) is 0 Å². The second kappa shape index (κ2) is 33.2. The van der Waals surface area contributed by atoms with E-state index in [-0.39, 0.29) is 21.7 Å². The molecular weight excluding hydrogens is 480 g/mol. The zero-order valence-corrected chi connectivity index (χ0v) is 25.7. The number of hydrogen-bond donors (Lipinski definition) is 0. The van der Waals surface area contributed by atoms with Crippen LogP contribution in [0.15, 0.2) is 54.7 Å². The van der Waals surface area contributed by atoms with E-state index in [4.69, 9.17) is 0 Å². The third-order valence-corrected chi connectivity index (χ3v) is 6.88. The van der Waals surface area contributed by atoms with Crippen molar-refractivity contribution in [1.29, 1.82) is 0 Å². The Labute approximate surface area is 247 Å². The van der Waals surface area contributed by atoms with E-state index in [1.165, 1.54) is 135 Å². The smallest absolute Gasteiger partial charge is 0.275 e. The van der Waals surface area contributed by atoms with Gasteiger partial charge in [-0.05, 0) is 0 Å². The SMILES string of the molecule is [C-]1=C/C=C\CCCCCCCC1.[C-]1=C/C=C\CCCCCCCC1.[C-]1=CC=CCCCCCCCC1.[Ti+3]. The normalized spacial score (nSPS) is 22.5. The molecule has 0 N–H and O–H groups in total. The van der Waals surface area contributed by atoms with Crippen molar-refractivity contribution in [3.63, 3.8) is 0 Å². The predicted molar refractivity (Wildman–Crippen MR) is 162 cm³/mol. The molecule has 3 aliphatic rings. The molecule has 0 amide bonds. The van der Waals surface area contributed by atoms with Crippen LogP contribution in [0.2, 0.25) is 0 Å². The maximum Gasteiger partial charge on any atom is 3.00 e. The average Bonchev–Trinajstić information content (AvgIpc) is 2.86. The summed E-state index contributed by atoms with van der Waals surface area (Å²) in [6, 6.07) is 0. The Morgan fingerprint density at radius 2 is 0.541 bits per heavy atom. The molecule has 0 heterocycles. The summed E-state index contributed by atoms with van der Waals surface area (Å²) in [5.41, 5.74) is 0. The molecule has 0 bridgehead atoms. The summed E-state index contributed by atoms with van der Waals surface area (Å²) < 4.78 is 0. The summed E-state index contributed by atoms with van der Waals surface area (Å²) in [4.78, 5) is 0. The molecular formula is C36H57Ti. The third-order valence-electron chi connectivity index (χ3n) is 6.88. The summed E-state index contributed by atoms with van der Waals surface area (Å²) in [7, 11) is 0. The van der Waals surface area contributed by atoms with Gasteiger partial charge in [0.05, 0.1) is 0 Å². The average molecular weight is 538 g/mol. The van der Waals surface area contributed by atoms with Crippen LogP contribution in [0.1, 0.15) is 154 Å². The fourth-order valence-corrected chi connectivity index (χ4v) is 4.54. The third kappa shape index (κ3) is 31.3. The van der Waals surface area contributed by atoms with Gasteiger partial charge < -0.3 is 0 Å². The summed E-state index contributed by atoms with van der Waals surface area (Å²) >= 11 is 0. The van der Waals surface area contributed by atoms with Crippen LogP contribution < -0.4 is 0 Å². The van der Waals surface area contributed by atoms with Crippen LogP contribution >= 0.6 is 0 Å². The number of allylic oxidation sites excluding steroid dienone is 12. The van der Waals surface area contributed by atoms with Crippen molar-refractivity contribution < 1.29 is 21.7 Å². The van der Waals surface area contributed by atoms with Crippen LogP contribution in [0.25, 0.3) is 0 Å². The molecule has 205 valence electrons. The number of rotatable bonds is 0. The molecule has 1 radical (unpaired) electrons. The van der Waals surface area contributed by atoms with Crippen LogP contribution in [-0.2, 0) is 21.7 Å². The van der Waals surface area contributed by atoms with Crippen LogP contribution in [-0.4, -0.2) is 0 Å². The van der Waals surface area contributed by atoms with Crippen molar-refractivity contribution in [2.75, 3.05) is 0 Å². The molecule has 0 aromatic rings. The second-order valence-electron chi connectivity index (χ2n) is 10.4. The molecule has 0 saturated carbocycles. The van der Waals surface area contributed by atoms with E-state index >= 15 is 0 Å². The minimum absolute atomic E-state index is 0. The van der Waals surface area contributed by atoms with Crippen molar-refractivity contribution >= 4 is 0 Å². The molecule has 0 saturated heterocycles. The van der Waals surface area contributed by atoms with Gasteiger partial charge in [-0.2, -0.15) is 18.2 Å². The molecule has 3 rings (SSSR count). The molecule has 0 unspecified atom stereocenters. The van der Waals surface area contributed by atoms with E-state index in [0.717, 1.165) is 19.3 Å². The van der Waals surface area contributed by atoms with Crippen molar-refractivity contribution in [3.8, 4) is 0 Å². The van der Waals surface area contributed by atoms with Crippen LogP contribution in [0.3, 0.4) is 0 Å². The fourth-order valence-electron chi connectivity index (χ4n) is 4.54. The first-order chi connectivity index (χ1) is 18.0. The Hall–Kier alpha value is -0.846. The first-order valence-corrected chi connectivity index (χ1v) is 15.7. The Balaban J connectivity index is 0.000000518. The predicted octanol–water partition coefficient (Wildman–Crippen LogP) is 12.1. The second-order valence-corrected chi connectivity index (χ2v) is 10.4. The van der Waals surface area contributed by atoms with E-state index in [9.17, 15) is 0 Å². The van der Waals surface area contributed by atoms with Gasteiger partial charge >= 0.3 is 21.7 Å². The maximum atomic E-state index is 3.29. The van der Waals surface area contributed by atoms with E-state index in [1.54, 1.807) is 0 Å². The summed E-state index contributed by atoms with van der Waals surface area (Å²) in [5, 5.41) is 0. The molecule has 0 aromatic carbocycles. The van der Waals surface area contributed by atoms with Gasteiger partial charge in [0, 0.05) is 0 Å². The summed E-state index contributed by atoms with van der Waals surface area (Å²) in [6.45, 7) is 0. The van der Waals surface area contributed by atoms with Crippen molar-refractivity contribution in [1.82, 2.24) is 0 Å². The van der Waals surface area contributed by atoms with E-state index in [2.05, 4.69) is 72.9 Å². The topological polar surface area (TPSA) is 0 Å². The van der Waals surface area contributed by atoms with Crippen LogP contribution in [0.5, 0.6) is 0 Å². The van der Waals surface area contributed by atoms with Gasteiger partial charge in [0.1, 0.15) is 0 Å². The van der Waals surface area contributed by atoms with Gasteiger partial charge in [-0.25, -0.2) is 36.5 Å². The molecule has 37 heavy (non-hydrogen) atoms. The van der Waals surface area contributed by atoms with Gasteiger partial charge in [0.15, 0.2) is 0 Å². The van der Waals surface area contributed by atoms with Crippen molar-refractivity contribution in [2.45, 2.75) is 154 Å². The minimum Gasteiger partial charge on any atom is -0.275 e. The maximum absolute atomic E-state index is 3.29.